The smallest absolute Gasteiger partial charge is 0.232 e. The summed E-state index contributed by atoms with van der Waals surface area (Å²) in [6.07, 6.45) is 3.29. The summed E-state index contributed by atoms with van der Waals surface area (Å²) in [6.45, 7) is 2.80. The molecule has 23 heavy (non-hydrogen) atoms. The van der Waals surface area contributed by atoms with Crippen molar-refractivity contribution in [1.82, 2.24) is 10.3 Å². The van der Waals surface area contributed by atoms with E-state index in [1.54, 1.807) is 6.07 Å². The van der Waals surface area contributed by atoms with Gasteiger partial charge in [-0.1, -0.05) is 30.3 Å². The normalized spacial score (nSPS) is 15.0. The third-order valence-corrected chi connectivity index (χ3v) is 3.96. The lowest BCUT2D eigenvalue weighted by Gasteiger charge is -2.20. The van der Waals surface area contributed by atoms with Crippen LogP contribution in [0.25, 0.3) is 0 Å². The van der Waals surface area contributed by atoms with Gasteiger partial charge in [0.25, 0.3) is 0 Å². The first-order valence-corrected chi connectivity index (χ1v) is 8.09. The average molecular weight is 307 g/mol. The highest BCUT2D eigenvalue weighted by atomic mass is 16.5. The minimum absolute atomic E-state index is 0.108. The average Bonchev–Trinajstić information content (AvgIpc) is 3.39. The van der Waals surface area contributed by atoms with Crippen molar-refractivity contribution in [2.45, 2.75) is 38.3 Å². The quantitative estimate of drug-likeness (QED) is 0.850. The molecule has 1 fully saturated rings. The van der Waals surface area contributed by atoms with E-state index in [9.17, 15) is 5.26 Å². The zero-order valence-corrected chi connectivity index (χ0v) is 13.3. The largest absolute Gasteiger partial charge is 0.468 e. The molecule has 3 rings (SSSR count). The van der Waals surface area contributed by atoms with Crippen LogP contribution in [0.5, 0.6) is 5.88 Å². The molecule has 0 spiro atoms. The lowest BCUT2D eigenvalue weighted by molar-refractivity contribution is 0.185. The molecule has 1 aromatic carbocycles. The minimum atomic E-state index is -0.108. The third-order valence-electron chi connectivity index (χ3n) is 3.96. The van der Waals surface area contributed by atoms with Crippen LogP contribution in [0, 0.1) is 18.3 Å². The van der Waals surface area contributed by atoms with Crippen LogP contribution in [0.3, 0.4) is 0 Å². The van der Waals surface area contributed by atoms with Crippen molar-refractivity contribution in [2.75, 3.05) is 6.54 Å². The number of aryl methyl sites for hydroxylation is 1. The van der Waals surface area contributed by atoms with Crippen molar-refractivity contribution in [3.8, 4) is 11.9 Å². The molecule has 1 aliphatic rings. The summed E-state index contributed by atoms with van der Waals surface area (Å²) in [5, 5.41) is 12.8. The van der Waals surface area contributed by atoms with Gasteiger partial charge in [-0.25, -0.2) is 4.98 Å². The number of nitriles is 1. The Kier molecular flexibility index (Phi) is 4.89. The van der Waals surface area contributed by atoms with E-state index in [0.717, 1.165) is 24.2 Å². The van der Waals surface area contributed by atoms with Gasteiger partial charge in [0.15, 0.2) is 0 Å². The standard InChI is InChI=1S/C19H21N3O/c1-14-7-8-16(13-20)19(22-14)23-18(11-12-21-17-9-10-17)15-5-3-2-4-6-15/h2-8,17-18,21H,9-12H2,1H3. The van der Waals surface area contributed by atoms with Crippen LogP contribution in [-0.2, 0) is 0 Å². The number of nitrogens with zero attached hydrogens (tertiary/aromatic N) is 2. The molecular weight excluding hydrogens is 286 g/mol. The van der Waals surface area contributed by atoms with E-state index in [1.807, 2.05) is 31.2 Å². The number of nitrogens with one attached hydrogen (secondary N) is 1. The van der Waals surface area contributed by atoms with Gasteiger partial charge in [-0.05, 0) is 44.0 Å². The van der Waals surface area contributed by atoms with Crippen molar-refractivity contribution in [3.63, 3.8) is 0 Å². The molecule has 1 heterocycles. The summed E-state index contributed by atoms with van der Waals surface area (Å²) >= 11 is 0. The van der Waals surface area contributed by atoms with Crippen LogP contribution < -0.4 is 10.1 Å². The Morgan fingerprint density at radius 3 is 2.74 bits per heavy atom. The molecule has 4 heteroatoms. The molecule has 1 unspecified atom stereocenters. The SMILES string of the molecule is Cc1ccc(C#N)c(OC(CCNC2CC2)c2ccccc2)n1. The summed E-state index contributed by atoms with van der Waals surface area (Å²) in [7, 11) is 0. The molecule has 118 valence electrons. The molecule has 1 atom stereocenters. The highest BCUT2D eigenvalue weighted by Gasteiger charge is 2.22. The summed E-state index contributed by atoms with van der Waals surface area (Å²) in [4.78, 5) is 4.40. The van der Waals surface area contributed by atoms with Gasteiger partial charge in [-0.2, -0.15) is 5.26 Å². The van der Waals surface area contributed by atoms with E-state index >= 15 is 0 Å². The lowest BCUT2D eigenvalue weighted by Crippen LogP contribution is -2.22. The fourth-order valence-corrected chi connectivity index (χ4v) is 2.51. The molecule has 1 aromatic heterocycles. The molecule has 0 saturated heterocycles. The van der Waals surface area contributed by atoms with E-state index in [2.05, 4.69) is 28.5 Å². The number of hydrogen-bond acceptors (Lipinski definition) is 4. The maximum Gasteiger partial charge on any atom is 0.232 e. The Morgan fingerprint density at radius 1 is 1.26 bits per heavy atom. The van der Waals surface area contributed by atoms with Crippen LogP contribution in [0.1, 0.15) is 42.2 Å². The fourth-order valence-electron chi connectivity index (χ4n) is 2.51. The fraction of sp³-hybridized carbons (Fsp3) is 0.368. The van der Waals surface area contributed by atoms with Crippen LogP contribution in [0.15, 0.2) is 42.5 Å². The number of pyridine rings is 1. The van der Waals surface area contributed by atoms with Gasteiger partial charge in [-0.15, -0.1) is 0 Å². The highest BCUT2D eigenvalue weighted by Crippen LogP contribution is 2.26. The first kappa shape index (κ1) is 15.5. The Morgan fingerprint density at radius 2 is 2.04 bits per heavy atom. The van der Waals surface area contributed by atoms with E-state index < -0.39 is 0 Å². The lowest BCUT2D eigenvalue weighted by atomic mass is 10.1. The number of rotatable bonds is 7. The summed E-state index contributed by atoms with van der Waals surface area (Å²) in [5.41, 5.74) is 2.44. The maximum atomic E-state index is 9.27. The monoisotopic (exact) mass is 307 g/mol. The molecule has 2 aromatic rings. The van der Waals surface area contributed by atoms with Gasteiger partial charge in [0.1, 0.15) is 17.7 Å². The van der Waals surface area contributed by atoms with Crippen LogP contribution in [-0.4, -0.2) is 17.6 Å². The van der Waals surface area contributed by atoms with E-state index in [1.165, 1.54) is 12.8 Å². The molecular formula is C19H21N3O. The van der Waals surface area contributed by atoms with Crippen molar-refractivity contribution in [3.05, 3.63) is 59.3 Å². The topological polar surface area (TPSA) is 57.9 Å². The van der Waals surface area contributed by atoms with Gasteiger partial charge >= 0.3 is 0 Å². The second-order valence-electron chi connectivity index (χ2n) is 5.95. The number of ether oxygens (including phenoxy) is 1. The minimum Gasteiger partial charge on any atom is -0.468 e. The summed E-state index contributed by atoms with van der Waals surface area (Å²) < 4.78 is 6.13. The van der Waals surface area contributed by atoms with Crippen molar-refractivity contribution in [1.29, 1.82) is 5.26 Å². The first-order valence-electron chi connectivity index (χ1n) is 8.09. The van der Waals surface area contributed by atoms with Gasteiger partial charge < -0.3 is 10.1 Å². The second kappa shape index (κ2) is 7.26. The summed E-state index contributed by atoms with van der Waals surface area (Å²) in [6, 6.07) is 16.6. The molecule has 0 bridgehead atoms. The summed E-state index contributed by atoms with van der Waals surface area (Å²) in [5.74, 6) is 0.424. The molecule has 0 amide bonds. The Bertz CT molecular complexity index is 690. The number of hydrogen-bond donors (Lipinski definition) is 1. The van der Waals surface area contributed by atoms with Crippen LogP contribution >= 0.6 is 0 Å². The van der Waals surface area contributed by atoms with Gasteiger partial charge in [0, 0.05) is 18.2 Å². The van der Waals surface area contributed by atoms with Crippen LogP contribution in [0.4, 0.5) is 0 Å². The van der Waals surface area contributed by atoms with Gasteiger partial charge in [-0.3, -0.25) is 0 Å². The predicted octanol–water partition coefficient (Wildman–Crippen LogP) is 3.52. The molecule has 1 aliphatic carbocycles. The molecule has 4 nitrogen and oxygen atoms in total. The molecule has 0 radical (unpaired) electrons. The number of aromatic nitrogens is 1. The maximum absolute atomic E-state index is 9.27. The highest BCUT2D eigenvalue weighted by molar-refractivity contribution is 5.39. The van der Waals surface area contributed by atoms with Gasteiger partial charge in [0.05, 0.1) is 0 Å². The Hall–Kier alpha value is -2.38. The van der Waals surface area contributed by atoms with Gasteiger partial charge in [0.2, 0.25) is 5.88 Å². The second-order valence-corrected chi connectivity index (χ2v) is 5.95. The molecule has 1 saturated carbocycles. The Balaban J connectivity index is 1.77. The van der Waals surface area contributed by atoms with Crippen molar-refractivity contribution >= 4 is 0 Å². The van der Waals surface area contributed by atoms with Crippen molar-refractivity contribution in [2.24, 2.45) is 0 Å². The zero-order valence-electron chi connectivity index (χ0n) is 13.3. The molecule has 1 N–H and O–H groups in total. The number of benzene rings is 1. The van der Waals surface area contributed by atoms with E-state index in [4.69, 9.17) is 4.74 Å². The van der Waals surface area contributed by atoms with Crippen LogP contribution in [0.2, 0.25) is 0 Å². The van der Waals surface area contributed by atoms with E-state index in [-0.39, 0.29) is 6.10 Å². The first-order chi connectivity index (χ1) is 11.3. The molecule has 0 aliphatic heterocycles. The van der Waals surface area contributed by atoms with Crippen molar-refractivity contribution < 1.29 is 4.74 Å². The predicted molar refractivity (Wildman–Crippen MR) is 89.1 cm³/mol. The zero-order chi connectivity index (χ0) is 16.1. The van der Waals surface area contributed by atoms with E-state index in [0.29, 0.717) is 17.5 Å². The third kappa shape index (κ3) is 4.30. The Labute approximate surface area is 137 Å².